The molecule has 1 atom stereocenters. The summed E-state index contributed by atoms with van der Waals surface area (Å²) in [6, 6.07) is 10.2. The lowest BCUT2D eigenvalue weighted by molar-refractivity contribution is -0.147. The van der Waals surface area contributed by atoms with Gasteiger partial charge in [0.2, 0.25) is 0 Å². The summed E-state index contributed by atoms with van der Waals surface area (Å²) in [5, 5.41) is 0. The van der Waals surface area contributed by atoms with E-state index < -0.39 is 0 Å². The Balaban J connectivity index is 2.17. The van der Waals surface area contributed by atoms with Crippen molar-refractivity contribution in [2.45, 2.75) is 32.6 Å². The van der Waals surface area contributed by atoms with Crippen LogP contribution in [0.4, 0.5) is 0 Å². The van der Waals surface area contributed by atoms with Crippen LogP contribution in [-0.2, 0) is 9.53 Å². The second-order valence-electron chi connectivity index (χ2n) is 4.68. The maximum absolute atomic E-state index is 11.9. The van der Waals surface area contributed by atoms with E-state index in [1.165, 1.54) is 17.6 Å². The fourth-order valence-corrected chi connectivity index (χ4v) is 2.49. The smallest absolute Gasteiger partial charge is 0.313 e. The van der Waals surface area contributed by atoms with Gasteiger partial charge >= 0.3 is 5.97 Å². The summed E-state index contributed by atoms with van der Waals surface area (Å²) in [4.78, 5) is 11.9. The highest BCUT2D eigenvalue weighted by Gasteiger charge is 2.26. The van der Waals surface area contributed by atoms with Crippen LogP contribution in [0.1, 0.15) is 38.2 Å². The maximum atomic E-state index is 11.9. The number of hydrogen-bond donors (Lipinski definition) is 0. The molecule has 18 heavy (non-hydrogen) atoms. The van der Waals surface area contributed by atoms with Gasteiger partial charge < -0.3 is 4.74 Å². The molecule has 0 aromatic heterocycles. The van der Waals surface area contributed by atoms with Crippen molar-refractivity contribution < 1.29 is 9.53 Å². The predicted molar refractivity (Wildman–Crippen MR) is 73.0 cm³/mol. The molecule has 2 rings (SSSR count). The molecule has 0 aliphatic heterocycles. The largest absolute Gasteiger partial charge is 0.466 e. The second kappa shape index (κ2) is 6.39. The average Bonchev–Trinajstić information content (AvgIpc) is 2.41. The molecule has 2 nitrogen and oxygen atoms in total. The predicted octanol–water partition coefficient (Wildman–Crippen LogP) is 3.82. The van der Waals surface area contributed by atoms with Crippen LogP contribution in [-0.4, -0.2) is 12.6 Å². The van der Waals surface area contributed by atoms with Crippen LogP contribution >= 0.6 is 0 Å². The Kier molecular flexibility index (Phi) is 4.57. The van der Waals surface area contributed by atoms with E-state index in [0.29, 0.717) is 6.61 Å². The van der Waals surface area contributed by atoms with Gasteiger partial charge in [0.05, 0.1) is 12.5 Å². The number of carbonyl (C=O) groups excluding carboxylic acids is 1. The Morgan fingerprint density at radius 2 is 2.11 bits per heavy atom. The van der Waals surface area contributed by atoms with E-state index in [1.807, 2.05) is 25.1 Å². The first kappa shape index (κ1) is 12.9. The van der Waals surface area contributed by atoms with Gasteiger partial charge in [-0.25, -0.2) is 0 Å². The molecule has 0 radical (unpaired) electrons. The summed E-state index contributed by atoms with van der Waals surface area (Å²) < 4.78 is 5.17. The SMILES string of the molecule is CCOC(=O)[C@@H]1CCCC/C1=C\c1ccccc1. The molecule has 0 amide bonds. The first-order valence-electron chi connectivity index (χ1n) is 6.73. The van der Waals surface area contributed by atoms with Crippen LogP contribution < -0.4 is 0 Å². The zero-order valence-electron chi connectivity index (χ0n) is 10.9. The van der Waals surface area contributed by atoms with Gasteiger partial charge in [-0.15, -0.1) is 0 Å². The van der Waals surface area contributed by atoms with Gasteiger partial charge in [0, 0.05) is 0 Å². The first-order chi connectivity index (χ1) is 8.81. The molecule has 1 aliphatic rings. The zero-order chi connectivity index (χ0) is 12.8. The standard InChI is InChI=1S/C16H20O2/c1-2-18-16(17)15-11-7-6-10-14(15)12-13-8-4-3-5-9-13/h3-5,8-9,12,15H,2,6-7,10-11H2,1H3/b14-12+/t15-/m1/s1. The first-order valence-corrected chi connectivity index (χ1v) is 6.73. The highest BCUT2D eigenvalue weighted by Crippen LogP contribution is 2.31. The Labute approximate surface area is 109 Å². The molecule has 1 aliphatic carbocycles. The summed E-state index contributed by atoms with van der Waals surface area (Å²) in [6.07, 6.45) is 6.39. The molecule has 0 heterocycles. The molecular formula is C16H20O2. The molecule has 1 saturated carbocycles. The Morgan fingerprint density at radius 1 is 1.33 bits per heavy atom. The minimum absolute atomic E-state index is 0.0288. The molecule has 1 fully saturated rings. The fraction of sp³-hybridized carbons (Fsp3) is 0.438. The van der Waals surface area contributed by atoms with Gasteiger partial charge in [0.15, 0.2) is 0 Å². The maximum Gasteiger partial charge on any atom is 0.313 e. The number of carbonyl (C=O) groups is 1. The second-order valence-corrected chi connectivity index (χ2v) is 4.68. The number of ether oxygens (including phenoxy) is 1. The van der Waals surface area contributed by atoms with Crippen LogP contribution in [0.15, 0.2) is 35.9 Å². The summed E-state index contributed by atoms with van der Waals surface area (Å²) in [5.74, 6) is -0.0849. The van der Waals surface area contributed by atoms with Crippen molar-refractivity contribution in [3.63, 3.8) is 0 Å². The number of rotatable bonds is 3. The summed E-state index contributed by atoms with van der Waals surface area (Å²) in [6.45, 7) is 2.33. The Hall–Kier alpha value is -1.57. The lowest BCUT2D eigenvalue weighted by Crippen LogP contribution is -2.22. The fourth-order valence-electron chi connectivity index (χ4n) is 2.49. The Morgan fingerprint density at radius 3 is 2.83 bits per heavy atom. The van der Waals surface area contributed by atoms with Crippen molar-refractivity contribution in [1.82, 2.24) is 0 Å². The third-order valence-corrected chi connectivity index (χ3v) is 3.38. The monoisotopic (exact) mass is 244 g/mol. The molecule has 96 valence electrons. The van der Waals surface area contributed by atoms with Gasteiger partial charge in [-0.1, -0.05) is 48.4 Å². The van der Waals surface area contributed by atoms with E-state index in [-0.39, 0.29) is 11.9 Å². The average molecular weight is 244 g/mol. The van der Waals surface area contributed by atoms with Gasteiger partial charge in [0.1, 0.15) is 0 Å². The van der Waals surface area contributed by atoms with Gasteiger partial charge in [0.25, 0.3) is 0 Å². The van der Waals surface area contributed by atoms with Crippen molar-refractivity contribution in [1.29, 1.82) is 0 Å². The molecular weight excluding hydrogens is 224 g/mol. The minimum atomic E-state index is -0.0561. The highest BCUT2D eigenvalue weighted by molar-refractivity contribution is 5.78. The minimum Gasteiger partial charge on any atom is -0.466 e. The van der Waals surface area contributed by atoms with Crippen molar-refractivity contribution in [2.24, 2.45) is 5.92 Å². The summed E-state index contributed by atoms with van der Waals surface area (Å²) in [7, 11) is 0. The van der Waals surface area contributed by atoms with Crippen LogP contribution in [0.5, 0.6) is 0 Å². The van der Waals surface area contributed by atoms with E-state index in [1.54, 1.807) is 0 Å². The van der Waals surface area contributed by atoms with Crippen molar-refractivity contribution in [3.8, 4) is 0 Å². The van der Waals surface area contributed by atoms with E-state index in [9.17, 15) is 4.79 Å². The molecule has 0 bridgehead atoms. The summed E-state index contributed by atoms with van der Waals surface area (Å²) in [5.41, 5.74) is 2.40. The van der Waals surface area contributed by atoms with Crippen molar-refractivity contribution >= 4 is 12.0 Å². The number of benzene rings is 1. The van der Waals surface area contributed by atoms with Gasteiger partial charge in [-0.05, 0) is 31.7 Å². The van der Waals surface area contributed by atoms with Crippen LogP contribution in [0.2, 0.25) is 0 Å². The van der Waals surface area contributed by atoms with E-state index in [0.717, 1.165) is 19.3 Å². The quantitative estimate of drug-likeness (QED) is 0.755. The number of hydrogen-bond acceptors (Lipinski definition) is 2. The van der Waals surface area contributed by atoms with Gasteiger partial charge in [-0.2, -0.15) is 0 Å². The van der Waals surface area contributed by atoms with Crippen LogP contribution in [0, 0.1) is 5.92 Å². The third-order valence-electron chi connectivity index (χ3n) is 3.38. The molecule has 0 unspecified atom stereocenters. The molecule has 2 heteroatoms. The lowest BCUT2D eigenvalue weighted by atomic mass is 9.83. The van der Waals surface area contributed by atoms with Crippen LogP contribution in [0.3, 0.4) is 0 Å². The highest BCUT2D eigenvalue weighted by atomic mass is 16.5. The molecule has 0 N–H and O–H groups in total. The van der Waals surface area contributed by atoms with Crippen molar-refractivity contribution in [3.05, 3.63) is 41.5 Å². The van der Waals surface area contributed by atoms with E-state index >= 15 is 0 Å². The zero-order valence-corrected chi connectivity index (χ0v) is 10.9. The molecule has 1 aromatic rings. The van der Waals surface area contributed by atoms with Crippen LogP contribution in [0.25, 0.3) is 6.08 Å². The normalized spacial score (nSPS) is 21.8. The molecule has 0 saturated heterocycles. The number of esters is 1. The summed E-state index contributed by atoms with van der Waals surface area (Å²) >= 11 is 0. The van der Waals surface area contributed by atoms with E-state index in [2.05, 4.69) is 18.2 Å². The van der Waals surface area contributed by atoms with Gasteiger partial charge in [-0.3, -0.25) is 4.79 Å². The van der Waals surface area contributed by atoms with Crippen molar-refractivity contribution in [2.75, 3.05) is 6.61 Å². The third kappa shape index (κ3) is 3.22. The lowest BCUT2D eigenvalue weighted by Gasteiger charge is -2.23. The molecule has 0 spiro atoms. The topological polar surface area (TPSA) is 26.3 Å². The molecule has 1 aromatic carbocycles. The Bertz CT molecular complexity index is 420. The van der Waals surface area contributed by atoms with E-state index in [4.69, 9.17) is 4.74 Å².